The van der Waals surface area contributed by atoms with E-state index >= 15 is 0 Å². The fraction of sp³-hybridized carbons (Fsp3) is 0.375. The number of aromatic nitrogens is 2. The van der Waals surface area contributed by atoms with Gasteiger partial charge < -0.3 is 5.73 Å². The molecule has 3 heteroatoms. The predicted octanol–water partition coefficient (Wildman–Crippen LogP) is 1.35. The second-order valence-electron chi connectivity index (χ2n) is 2.51. The number of anilines is 1. The standard InChI is InChI=1S/C8H13N3/c1-3-4-5-11-7(2)6-8(9)10-11/h3,6H,1,4-5H2,2H3,(H2,9,10). The largest absolute Gasteiger partial charge is 0.382 e. The predicted molar refractivity (Wildman–Crippen MR) is 46.2 cm³/mol. The average molecular weight is 151 g/mol. The Morgan fingerprint density at radius 1 is 1.82 bits per heavy atom. The van der Waals surface area contributed by atoms with E-state index in [-0.39, 0.29) is 0 Å². The number of nitrogens with two attached hydrogens (primary N) is 1. The molecule has 0 radical (unpaired) electrons. The van der Waals surface area contributed by atoms with Gasteiger partial charge in [0.05, 0.1) is 0 Å². The number of nitrogen functional groups attached to an aromatic ring is 1. The van der Waals surface area contributed by atoms with Crippen molar-refractivity contribution in [1.29, 1.82) is 0 Å². The van der Waals surface area contributed by atoms with E-state index in [4.69, 9.17) is 5.73 Å². The molecule has 1 aromatic rings. The molecule has 0 fully saturated rings. The number of hydrogen-bond donors (Lipinski definition) is 1. The summed E-state index contributed by atoms with van der Waals surface area (Å²) in [6.45, 7) is 6.50. The number of hydrogen-bond acceptors (Lipinski definition) is 2. The molecule has 0 bridgehead atoms. The van der Waals surface area contributed by atoms with E-state index in [1.54, 1.807) is 0 Å². The van der Waals surface area contributed by atoms with Crippen LogP contribution in [-0.2, 0) is 6.54 Å². The molecule has 0 spiro atoms. The van der Waals surface area contributed by atoms with Crippen LogP contribution >= 0.6 is 0 Å². The van der Waals surface area contributed by atoms with Crippen molar-refractivity contribution < 1.29 is 0 Å². The van der Waals surface area contributed by atoms with Gasteiger partial charge in [0.1, 0.15) is 5.82 Å². The third-order valence-electron chi connectivity index (χ3n) is 1.55. The van der Waals surface area contributed by atoms with E-state index in [2.05, 4.69) is 11.7 Å². The van der Waals surface area contributed by atoms with Gasteiger partial charge in [0.2, 0.25) is 0 Å². The van der Waals surface area contributed by atoms with Crippen molar-refractivity contribution in [2.75, 3.05) is 5.73 Å². The highest BCUT2D eigenvalue weighted by Crippen LogP contribution is 2.04. The summed E-state index contributed by atoms with van der Waals surface area (Å²) in [6.07, 6.45) is 2.80. The van der Waals surface area contributed by atoms with Crippen molar-refractivity contribution in [2.45, 2.75) is 19.9 Å². The number of rotatable bonds is 3. The Morgan fingerprint density at radius 3 is 3.00 bits per heavy atom. The van der Waals surface area contributed by atoms with Crippen LogP contribution in [-0.4, -0.2) is 9.78 Å². The fourth-order valence-corrected chi connectivity index (χ4v) is 0.976. The van der Waals surface area contributed by atoms with Crippen LogP contribution in [0.4, 0.5) is 5.82 Å². The topological polar surface area (TPSA) is 43.8 Å². The van der Waals surface area contributed by atoms with Crippen LogP contribution < -0.4 is 5.73 Å². The molecule has 0 saturated carbocycles. The van der Waals surface area contributed by atoms with E-state index in [0.717, 1.165) is 18.7 Å². The number of allylic oxidation sites excluding steroid dienone is 1. The molecule has 1 aromatic heterocycles. The Morgan fingerprint density at radius 2 is 2.55 bits per heavy atom. The Kier molecular flexibility index (Phi) is 2.31. The molecular weight excluding hydrogens is 138 g/mol. The van der Waals surface area contributed by atoms with Gasteiger partial charge in [-0.15, -0.1) is 6.58 Å². The fourth-order valence-electron chi connectivity index (χ4n) is 0.976. The van der Waals surface area contributed by atoms with Crippen molar-refractivity contribution >= 4 is 5.82 Å². The molecule has 1 rings (SSSR count). The molecular formula is C8H13N3. The number of nitrogens with zero attached hydrogens (tertiary/aromatic N) is 2. The molecule has 2 N–H and O–H groups in total. The van der Waals surface area contributed by atoms with Crippen LogP contribution in [0, 0.1) is 6.92 Å². The van der Waals surface area contributed by atoms with E-state index in [1.165, 1.54) is 0 Å². The zero-order valence-electron chi connectivity index (χ0n) is 6.75. The zero-order chi connectivity index (χ0) is 8.27. The van der Waals surface area contributed by atoms with Crippen LogP contribution in [0.3, 0.4) is 0 Å². The van der Waals surface area contributed by atoms with E-state index < -0.39 is 0 Å². The van der Waals surface area contributed by atoms with Crippen molar-refractivity contribution in [1.82, 2.24) is 9.78 Å². The minimum absolute atomic E-state index is 0.589. The van der Waals surface area contributed by atoms with Crippen LogP contribution in [0.15, 0.2) is 18.7 Å². The van der Waals surface area contributed by atoms with Gasteiger partial charge in [-0.1, -0.05) is 6.08 Å². The van der Waals surface area contributed by atoms with Gasteiger partial charge in [-0.25, -0.2) is 0 Å². The molecule has 0 aliphatic heterocycles. The molecule has 3 nitrogen and oxygen atoms in total. The van der Waals surface area contributed by atoms with Gasteiger partial charge in [-0.05, 0) is 13.3 Å². The molecule has 0 unspecified atom stereocenters. The monoisotopic (exact) mass is 151 g/mol. The Bertz CT molecular complexity index is 250. The molecule has 0 aromatic carbocycles. The molecule has 0 aliphatic carbocycles. The van der Waals surface area contributed by atoms with Gasteiger partial charge >= 0.3 is 0 Å². The van der Waals surface area contributed by atoms with E-state index in [1.807, 2.05) is 23.7 Å². The van der Waals surface area contributed by atoms with Crippen molar-refractivity contribution in [3.05, 3.63) is 24.4 Å². The normalized spacial score (nSPS) is 9.91. The molecule has 1 heterocycles. The van der Waals surface area contributed by atoms with Crippen molar-refractivity contribution in [3.63, 3.8) is 0 Å². The smallest absolute Gasteiger partial charge is 0.145 e. The Labute approximate surface area is 66.5 Å². The zero-order valence-corrected chi connectivity index (χ0v) is 6.75. The third-order valence-corrected chi connectivity index (χ3v) is 1.55. The third kappa shape index (κ3) is 1.83. The van der Waals surface area contributed by atoms with Gasteiger partial charge in [-0.3, -0.25) is 4.68 Å². The summed E-state index contributed by atoms with van der Waals surface area (Å²) < 4.78 is 1.89. The molecule has 0 saturated heterocycles. The lowest BCUT2D eigenvalue weighted by atomic mass is 10.4. The van der Waals surface area contributed by atoms with Gasteiger partial charge in [0.15, 0.2) is 0 Å². The molecule has 11 heavy (non-hydrogen) atoms. The van der Waals surface area contributed by atoms with E-state index in [9.17, 15) is 0 Å². The lowest BCUT2D eigenvalue weighted by Gasteiger charge is -1.99. The van der Waals surface area contributed by atoms with Crippen LogP contribution in [0.1, 0.15) is 12.1 Å². The minimum Gasteiger partial charge on any atom is -0.382 e. The van der Waals surface area contributed by atoms with Gasteiger partial charge in [0.25, 0.3) is 0 Å². The van der Waals surface area contributed by atoms with Crippen LogP contribution in [0.25, 0.3) is 0 Å². The summed E-state index contributed by atoms with van der Waals surface area (Å²) in [5.41, 5.74) is 6.59. The second kappa shape index (κ2) is 3.23. The highest BCUT2D eigenvalue weighted by molar-refractivity contribution is 5.28. The highest BCUT2D eigenvalue weighted by Gasteiger charge is 1.98. The minimum atomic E-state index is 0.589. The summed E-state index contributed by atoms with van der Waals surface area (Å²) in [5.74, 6) is 0.589. The summed E-state index contributed by atoms with van der Waals surface area (Å²) >= 11 is 0. The summed E-state index contributed by atoms with van der Waals surface area (Å²) in [5, 5.41) is 4.09. The average Bonchev–Trinajstić information content (AvgIpc) is 2.26. The lowest BCUT2D eigenvalue weighted by Crippen LogP contribution is -2.01. The maximum absolute atomic E-state index is 5.49. The lowest BCUT2D eigenvalue weighted by molar-refractivity contribution is 0.609. The molecule has 0 amide bonds. The Balaban J connectivity index is 2.69. The first kappa shape index (κ1) is 7.85. The van der Waals surface area contributed by atoms with Crippen molar-refractivity contribution in [2.24, 2.45) is 0 Å². The molecule has 0 atom stereocenters. The van der Waals surface area contributed by atoms with Crippen LogP contribution in [0.2, 0.25) is 0 Å². The summed E-state index contributed by atoms with van der Waals surface area (Å²) in [7, 11) is 0. The highest BCUT2D eigenvalue weighted by atomic mass is 15.3. The quantitative estimate of drug-likeness (QED) is 0.663. The maximum Gasteiger partial charge on any atom is 0.145 e. The van der Waals surface area contributed by atoms with Crippen molar-refractivity contribution in [3.8, 4) is 0 Å². The van der Waals surface area contributed by atoms with Crippen LogP contribution in [0.5, 0.6) is 0 Å². The number of aryl methyl sites for hydroxylation is 2. The Hall–Kier alpha value is -1.25. The first-order valence-electron chi connectivity index (χ1n) is 3.65. The second-order valence-corrected chi connectivity index (χ2v) is 2.51. The van der Waals surface area contributed by atoms with Gasteiger partial charge in [0, 0.05) is 18.3 Å². The molecule has 60 valence electrons. The molecule has 0 aliphatic rings. The summed E-state index contributed by atoms with van der Waals surface area (Å²) in [4.78, 5) is 0. The first-order chi connectivity index (χ1) is 5.24. The first-order valence-corrected chi connectivity index (χ1v) is 3.65. The van der Waals surface area contributed by atoms with E-state index in [0.29, 0.717) is 5.82 Å². The SMILES string of the molecule is C=CCCn1nc(N)cc1C. The van der Waals surface area contributed by atoms with Gasteiger partial charge in [-0.2, -0.15) is 5.10 Å². The maximum atomic E-state index is 5.49. The summed E-state index contributed by atoms with van der Waals surface area (Å²) in [6, 6.07) is 1.86.